The highest BCUT2D eigenvalue weighted by atomic mass is 35.5. The number of aromatic nitrogens is 2. The van der Waals surface area contributed by atoms with Crippen LogP contribution in [-0.2, 0) is 11.3 Å². The number of aryl methyl sites for hydroxylation is 3. The quantitative estimate of drug-likeness (QED) is 0.779. The molecule has 1 saturated heterocycles. The maximum Gasteiger partial charge on any atom is 0.122 e. The van der Waals surface area contributed by atoms with E-state index >= 15 is 0 Å². The summed E-state index contributed by atoms with van der Waals surface area (Å²) in [5.74, 6) is 0.837. The van der Waals surface area contributed by atoms with Crippen molar-refractivity contribution in [1.82, 2.24) is 14.7 Å². The Labute approximate surface area is 167 Å². The molecule has 1 N–H and O–H groups in total. The Bertz CT molecular complexity index is 722. The van der Waals surface area contributed by atoms with Crippen LogP contribution in [-0.4, -0.2) is 64.8 Å². The van der Waals surface area contributed by atoms with Crippen molar-refractivity contribution >= 4 is 12.4 Å². The molecule has 3 rings (SSSR count). The topological polar surface area (TPSA) is 59.8 Å². The van der Waals surface area contributed by atoms with E-state index in [1.165, 1.54) is 5.56 Å². The largest absolute Gasteiger partial charge is 0.491 e. The molecule has 7 heteroatoms. The van der Waals surface area contributed by atoms with Crippen molar-refractivity contribution in [3.05, 3.63) is 47.3 Å². The van der Waals surface area contributed by atoms with E-state index in [2.05, 4.69) is 23.0 Å². The van der Waals surface area contributed by atoms with Gasteiger partial charge in [-0.05, 0) is 38.0 Å². The van der Waals surface area contributed by atoms with Gasteiger partial charge in [0.1, 0.15) is 18.5 Å². The molecule has 1 aliphatic rings. The fourth-order valence-corrected chi connectivity index (χ4v) is 3.33. The van der Waals surface area contributed by atoms with Crippen LogP contribution in [0.5, 0.6) is 5.75 Å². The minimum absolute atomic E-state index is 0. The lowest BCUT2D eigenvalue weighted by Crippen LogP contribution is -2.47. The number of aliphatic hydroxyl groups excluding tert-OH is 1. The monoisotopic (exact) mass is 395 g/mol. The Hall–Kier alpha value is -1.60. The molecule has 150 valence electrons. The summed E-state index contributed by atoms with van der Waals surface area (Å²) in [5, 5.41) is 14.7. The Kier molecular flexibility index (Phi) is 8.10. The zero-order valence-electron chi connectivity index (χ0n) is 16.3. The predicted octanol–water partition coefficient (Wildman–Crippen LogP) is 2.37. The Balaban J connectivity index is 0.00000261. The lowest BCUT2D eigenvalue weighted by atomic mass is 10.1. The molecule has 2 aromatic rings. The highest BCUT2D eigenvalue weighted by Gasteiger charge is 2.23. The van der Waals surface area contributed by atoms with Crippen molar-refractivity contribution in [3.63, 3.8) is 0 Å². The first-order chi connectivity index (χ1) is 12.5. The summed E-state index contributed by atoms with van der Waals surface area (Å²) in [5.41, 5.74) is 3.46. The molecule has 0 aliphatic carbocycles. The molecule has 27 heavy (non-hydrogen) atoms. The molecule has 6 nitrogen and oxygen atoms in total. The number of β-amino-alcohol motifs (C(OH)–C–C–N with tert-alkyl or cyclic N) is 1. The Morgan fingerprint density at radius 1 is 1.30 bits per heavy atom. The summed E-state index contributed by atoms with van der Waals surface area (Å²) in [6.45, 7) is 10.0. The van der Waals surface area contributed by atoms with Gasteiger partial charge in [0.25, 0.3) is 0 Å². The summed E-state index contributed by atoms with van der Waals surface area (Å²) >= 11 is 0. The van der Waals surface area contributed by atoms with Crippen molar-refractivity contribution < 1.29 is 14.6 Å². The molecule has 1 fully saturated rings. The molecule has 0 spiro atoms. The van der Waals surface area contributed by atoms with Crippen molar-refractivity contribution in [1.29, 1.82) is 0 Å². The van der Waals surface area contributed by atoms with Gasteiger partial charge in [-0.15, -0.1) is 12.4 Å². The van der Waals surface area contributed by atoms with Crippen LogP contribution in [0.15, 0.2) is 30.6 Å². The first-order valence-electron chi connectivity index (χ1n) is 9.21. The van der Waals surface area contributed by atoms with Crippen LogP contribution in [0.3, 0.4) is 0 Å². The molecular formula is C20H30ClN3O3. The van der Waals surface area contributed by atoms with Gasteiger partial charge in [0.15, 0.2) is 0 Å². The number of hydrogen-bond acceptors (Lipinski definition) is 5. The Morgan fingerprint density at radius 2 is 2.11 bits per heavy atom. The van der Waals surface area contributed by atoms with Crippen LogP contribution in [0, 0.1) is 20.8 Å². The highest BCUT2D eigenvalue weighted by molar-refractivity contribution is 5.85. The molecule has 2 heterocycles. The number of morpholine rings is 1. The van der Waals surface area contributed by atoms with Gasteiger partial charge in [-0.3, -0.25) is 9.58 Å². The number of rotatable bonds is 7. The first-order valence-corrected chi connectivity index (χ1v) is 9.21. The number of ether oxygens (including phenoxy) is 2. The van der Waals surface area contributed by atoms with E-state index in [4.69, 9.17) is 9.47 Å². The maximum atomic E-state index is 10.4. The summed E-state index contributed by atoms with van der Waals surface area (Å²) in [6.07, 6.45) is 3.45. The third kappa shape index (κ3) is 6.50. The first kappa shape index (κ1) is 21.7. The average molecular weight is 396 g/mol. The van der Waals surface area contributed by atoms with Gasteiger partial charge in [-0.1, -0.05) is 17.7 Å². The predicted molar refractivity (Wildman–Crippen MR) is 108 cm³/mol. The minimum Gasteiger partial charge on any atom is -0.491 e. The van der Waals surface area contributed by atoms with E-state index < -0.39 is 6.10 Å². The van der Waals surface area contributed by atoms with E-state index in [0.717, 1.165) is 36.5 Å². The summed E-state index contributed by atoms with van der Waals surface area (Å²) < 4.78 is 13.6. The van der Waals surface area contributed by atoms with Crippen LogP contribution < -0.4 is 4.74 Å². The molecular weight excluding hydrogens is 366 g/mol. The molecule has 0 saturated carbocycles. The summed E-state index contributed by atoms with van der Waals surface area (Å²) in [7, 11) is 0. The van der Waals surface area contributed by atoms with Crippen molar-refractivity contribution in [2.24, 2.45) is 0 Å². The molecule has 0 amide bonds. The van der Waals surface area contributed by atoms with Crippen LogP contribution >= 0.6 is 12.4 Å². The van der Waals surface area contributed by atoms with Crippen molar-refractivity contribution in [2.75, 3.05) is 32.8 Å². The summed E-state index contributed by atoms with van der Waals surface area (Å²) in [4.78, 5) is 2.24. The van der Waals surface area contributed by atoms with Gasteiger partial charge in [-0.25, -0.2) is 0 Å². The van der Waals surface area contributed by atoms with Crippen LogP contribution in [0.2, 0.25) is 0 Å². The fraction of sp³-hybridized carbons (Fsp3) is 0.550. The van der Waals surface area contributed by atoms with E-state index in [9.17, 15) is 5.11 Å². The van der Waals surface area contributed by atoms with Gasteiger partial charge >= 0.3 is 0 Å². The van der Waals surface area contributed by atoms with E-state index in [1.807, 2.05) is 43.1 Å². The van der Waals surface area contributed by atoms with E-state index in [-0.39, 0.29) is 18.5 Å². The standard InChI is InChI=1S/C20H29N3O3.ClH/c1-15-4-5-20(17(3)8-15)26-14-18(24)11-22-6-7-25-19(12-22)13-23-10-16(2)9-21-23;/h4-5,8-10,18-19,24H,6-7,11-14H2,1-3H3;1H. The number of aliphatic hydroxyl groups is 1. The molecule has 0 bridgehead atoms. The highest BCUT2D eigenvalue weighted by Crippen LogP contribution is 2.19. The summed E-state index contributed by atoms with van der Waals surface area (Å²) in [6, 6.07) is 6.08. The van der Waals surface area contributed by atoms with Crippen LogP contribution in [0.25, 0.3) is 0 Å². The third-order valence-electron chi connectivity index (χ3n) is 4.61. The fourth-order valence-electron chi connectivity index (χ4n) is 3.33. The lowest BCUT2D eigenvalue weighted by Gasteiger charge is -2.34. The molecule has 2 unspecified atom stereocenters. The normalized spacial score (nSPS) is 18.7. The number of hydrogen-bond donors (Lipinski definition) is 1. The molecule has 1 aromatic carbocycles. The van der Waals surface area contributed by atoms with Gasteiger partial charge in [0, 0.05) is 25.8 Å². The second kappa shape index (κ2) is 10.1. The van der Waals surface area contributed by atoms with Gasteiger partial charge in [0.05, 0.1) is 25.5 Å². The lowest BCUT2D eigenvalue weighted by molar-refractivity contribution is -0.0517. The molecule has 1 aliphatic heterocycles. The number of nitrogens with zero attached hydrogens (tertiary/aromatic N) is 3. The average Bonchev–Trinajstić information content (AvgIpc) is 2.99. The second-order valence-corrected chi connectivity index (χ2v) is 7.23. The number of benzene rings is 1. The van der Waals surface area contributed by atoms with Crippen molar-refractivity contribution in [3.8, 4) is 5.75 Å². The molecule has 0 radical (unpaired) electrons. The molecule has 1 aromatic heterocycles. The van der Waals surface area contributed by atoms with Crippen molar-refractivity contribution in [2.45, 2.75) is 39.5 Å². The second-order valence-electron chi connectivity index (χ2n) is 7.23. The SMILES string of the molecule is Cc1ccc(OCC(O)CN2CCOC(Cn3cc(C)cn3)C2)c(C)c1.Cl. The van der Waals surface area contributed by atoms with Gasteiger partial charge in [0.2, 0.25) is 0 Å². The van der Waals surface area contributed by atoms with Gasteiger partial charge < -0.3 is 14.6 Å². The maximum absolute atomic E-state index is 10.4. The van der Waals surface area contributed by atoms with Crippen LogP contribution in [0.1, 0.15) is 16.7 Å². The zero-order valence-corrected chi connectivity index (χ0v) is 17.1. The van der Waals surface area contributed by atoms with E-state index in [0.29, 0.717) is 19.8 Å². The third-order valence-corrected chi connectivity index (χ3v) is 4.61. The molecule has 2 atom stereocenters. The zero-order chi connectivity index (χ0) is 18.5. The Morgan fingerprint density at radius 3 is 2.81 bits per heavy atom. The van der Waals surface area contributed by atoms with Crippen LogP contribution in [0.4, 0.5) is 0 Å². The number of halogens is 1. The minimum atomic E-state index is -0.526. The van der Waals surface area contributed by atoms with E-state index in [1.54, 1.807) is 0 Å². The smallest absolute Gasteiger partial charge is 0.122 e. The van der Waals surface area contributed by atoms with Gasteiger partial charge in [-0.2, -0.15) is 5.10 Å².